The van der Waals surface area contributed by atoms with Crippen molar-refractivity contribution in [1.29, 1.82) is 0 Å². The first kappa shape index (κ1) is 20.0. The van der Waals surface area contributed by atoms with Gasteiger partial charge in [-0.05, 0) is 48.9 Å². The fourth-order valence-electron chi connectivity index (χ4n) is 4.07. The highest BCUT2D eigenvalue weighted by molar-refractivity contribution is 5.78. The number of halogens is 1. The van der Waals surface area contributed by atoms with Crippen molar-refractivity contribution in [3.8, 4) is 11.1 Å². The van der Waals surface area contributed by atoms with E-state index in [1.807, 2.05) is 35.2 Å². The number of likely N-dealkylation sites (tertiary alicyclic amines) is 1. The summed E-state index contributed by atoms with van der Waals surface area (Å²) < 4.78 is 13.4. The third kappa shape index (κ3) is 4.48. The molecule has 1 amide bonds. The molecule has 1 aliphatic rings. The molecule has 0 radical (unpaired) electrons. The first-order chi connectivity index (χ1) is 14.6. The summed E-state index contributed by atoms with van der Waals surface area (Å²) in [6, 6.07) is 16.1. The highest BCUT2D eigenvalue weighted by Gasteiger charge is 2.31. The van der Waals surface area contributed by atoms with E-state index in [2.05, 4.69) is 9.97 Å². The van der Waals surface area contributed by atoms with Crippen molar-refractivity contribution in [2.75, 3.05) is 12.3 Å². The summed E-state index contributed by atoms with van der Waals surface area (Å²) in [5.41, 5.74) is 9.40. The molecule has 4 rings (SSSR count). The van der Waals surface area contributed by atoms with E-state index >= 15 is 0 Å². The van der Waals surface area contributed by atoms with Crippen LogP contribution in [0.25, 0.3) is 11.1 Å². The molecule has 2 aromatic carbocycles. The van der Waals surface area contributed by atoms with E-state index in [-0.39, 0.29) is 23.7 Å². The molecular formula is C24H25FN4O. The van der Waals surface area contributed by atoms with Crippen LogP contribution < -0.4 is 5.73 Å². The number of aryl methyl sites for hydroxylation is 1. The molecule has 0 bridgehead atoms. The SMILES string of the molecule is Nc1ncc(-c2ccc(F)cc2)c([C@H]2CCCCN2C(=O)CCc2ccccc2)n1. The molecule has 1 fully saturated rings. The van der Waals surface area contributed by atoms with Gasteiger partial charge in [0.1, 0.15) is 5.82 Å². The van der Waals surface area contributed by atoms with Crippen molar-refractivity contribution in [1.82, 2.24) is 14.9 Å². The Morgan fingerprint density at radius 3 is 2.63 bits per heavy atom. The molecule has 5 nitrogen and oxygen atoms in total. The van der Waals surface area contributed by atoms with Gasteiger partial charge in [-0.1, -0.05) is 42.5 Å². The maximum atomic E-state index is 13.4. The number of hydrogen-bond donors (Lipinski definition) is 1. The molecule has 0 unspecified atom stereocenters. The van der Waals surface area contributed by atoms with Gasteiger partial charge in [0.05, 0.1) is 11.7 Å². The number of anilines is 1. The molecule has 0 aliphatic carbocycles. The number of rotatable bonds is 5. The molecule has 6 heteroatoms. The van der Waals surface area contributed by atoms with Crippen LogP contribution in [-0.4, -0.2) is 27.3 Å². The molecule has 0 saturated carbocycles. The average Bonchev–Trinajstić information content (AvgIpc) is 2.79. The molecule has 0 spiro atoms. The number of carbonyl (C=O) groups is 1. The van der Waals surface area contributed by atoms with Crippen LogP contribution in [0.3, 0.4) is 0 Å². The van der Waals surface area contributed by atoms with Crippen molar-refractivity contribution in [3.05, 3.63) is 77.9 Å². The zero-order valence-corrected chi connectivity index (χ0v) is 16.8. The molecule has 2 heterocycles. The van der Waals surface area contributed by atoms with E-state index in [0.29, 0.717) is 19.4 Å². The lowest BCUT2D eigenvalue weighted by molar-refractivity contribution is -0.135. The number of carbonyl (C=O) groups excluding carboxylic acids is 1. The zero-order valence-electron chi connectivity index (χ0n) is 16.8. The van der Waals surface area contributed by atoms with E-state index in [1.165, 1.54) is 12.1 Å². The fraction of sp³-hybridized carbons (Fsp3) is 0.292. The number of nitrogen functional groups attached to an aromatic ring is 1. The van der Waals surface area contributed by atoms with E-state index < -0.39 is 0 Å². The van der Waals surface area contributed by atoms with E-state index in [9.17, 15) is 9.18 Å². The minimum Gasteiger partial charge on any atom is -0.368 e. The van der Waals surface area contributed by atoms with Gasteiger partial charge in [-0.25, -0.2) is 14.4 Å². The Morgan fingerprint density at radius 2 is 1.87 bits per heavy atom. The van der Waals surface area contributed by atoms with Crippen molar-refractivity contribution >= 4 is 11.9 Å². The number of nitrogens with zero attached hydrogens (tertiary/aromatic N) is 3. The molecule has 1 saturated heterocycles. The number of hydrogen-bond acceptors (Lipinski definition) is 4. The minimum atomic E-state index is -0.299. The Balaban J connectivity index is 1.61. The van der Waals surface area contributed by atoms with Crippen LogP contribution in [0.4, 0.5) is 10.3 Å². The lowest BCUT2D eigenvalue weighted by Gasteiger charge is -2.36. The first-order valence-corrected chi connectivity index (χ1v) is 10.3. The van der Waals surface area contributed by atoms with Gasteiger partial charge in [-0.3, -0.25) is 4.79 Å². The predicted octanol–water partition coefficient (Wildman–Crippen LogP) is 4.55. The number of nitrogens with two attached hydrogens (primary N) is 1. The van der Waals surface area contributed by atoms with Gasteiger partial charge < -0.3 is 10.6 Å². The van der Waals surface area contributed by atoms with E-state index in [4.69, 9.17) is 5.73 Å². The van der Waals surface area contributed by atoms with Crippen LogP contribution in [0.15, 0.2) is 60.8 Å². The topological polar surface area (TPSA) is 72.1 Å². The highest BCUT2D eigenvalue weighted by atomic mass is 19.1. The largest absolute Gasteiger partial charge is 0.368 e. The maximum Gasteiger partial charge on any atom is 0.223 e. The molecular weight excluding hydrogens is 379 g/mol. The molecule has 1 aliphatic heterocycles. The Kier molecular flexibility index (Phi) is 6.02. The number of piperidine rings is 1. The molecule has 1 aromatic heterocycles. The first-order valence-electron chi connectivity index (χ1n) is 10.3. The van der Waals surface area contributed by atoms with Crippen LogP contribution in [0.5, 0.6) is 0 Å². The lowest BCUT2D eigenvalue weighted by Crippen LogP contribution is -2.39. The average molecular weight is 404 g/mol. The Hall–Kier alpha value is -3.28. The van der Waals surface area contributed by atoms with Crippen molar-refractivity contribution in [2.45, 2.75) is 38.1 Å². The van der Waals surface area contributed by atoms with Gasteiger partial charge in [-0.15, -0.1) is 0 Å². The van der Waals surface area contributed by atoms with Crippen LogP contribution in [0, 0.1) is 5.82 Å². The maximum absolute atomic E-state index is 13.4. The summed E-state index contributed by atoms with van der Waals surface area (Å²) in [6.45, 7) is 0.699. The summed E-state index contributed by atoms with van der Waals surface area (Å²) in [6.07, 6.45) is 5.64. The Bertz CT molecular complexity index is 1010. The minimum absolute atomic E-state index is 0.116. The number of benzene rings is 2. The second kappa shape index (κ2) is 9.03. The summed E-state index contributed by atoms with van der Waals surface area (Å²) >= 11 is 0. The second-order valence-corrected chi connectivity index (χ2v) is 7.62. The second-order valence-electron chi connectivity index (χ2n) is 7.62. The standard InChI is InChI=1S/C24H25FN4O/c25-19-12-10-18(11-13-19)20-16-27-24(26)28-23(20)21-8-4-5-15-29(21)22(30)14-9-17-6-2-1-3-7-17/h1-3,6-7,10-13,16,21H,4-5,8-9,14-15H2,(H2,26,27,28)/t21-/m1/s1. The van der Waals surface area contributed by atoms with E-state index in [0.717, 1.165) is 41.6 Å². The normalized spacial score (nSPS) is 16.4. The monoisotopic (exact) mass is 404 g/mol. The molecule has 30 heavy (non-hydrogen) atoms. The highest BCUT2D eigenvalue weighted by Crippen LogP contribution is 2.36. The van der Waals surface area contributed by atoms with Crippen molar-refractivity contribution in [2.24, 2.45) is 0 Å². The van der Waals surface area contributed by atoms with Crippen LogP contribution >= 0.6 is 0 Å². The fourth-order valence-corrected chi connectivity index (χ4v) is 4.07. The summed E-state index contributed by atoms with van der Waals surface area (Å²) in [7, 11) is 0. The van der Waals surface area contributed by atoms with Gasteiger partial charge in [0, 0.05) is 24.7 Å². The molecule has 2 N–H and O–H groups in total. The van der Waals surface area contributed by atoms with Gasteiger partial charge in [-0.2, -0.15) is 0 Å². The van der Waals surface area contributed by atoms with Gasteiger partial charge in [0.15, 0.2) is 0 Å². The Morgan fingerprint density at radius 1 is 1.10 bits per heavy atom. The van der Waals surface area contributed by atoms with E-state index in [1.54, 1.807) is 18.3 Å². The number of amides is 1. The third-order valence-electron chi connectivity index (χ3n) is 5.60. The van der Waals surface area contributed by atoms with Gasteiger partial charge in [0.2, 0.25) is 11.9 Å². The zero-order chi connectivity index (χ0) is 20.9. The molecule has 3 aromatic rings. The molecule has 154 valence electrons. The number of aromatic nitrogens is 2. The third-order valence-corrected chi connectivity index (χ3v) is 5.60. The lowest BCUT2D eigenvalue weighted by atomic mass is 9.93. The van der Waals surface area contributed by atoms with Gasteiger partial charge >= 0.3 is 0 Å². The van der Waals surface area contributed by atoms with Gasteiger partial charge in [0.25, 0.3) is 0 Å². The van der Waals surface area contributed by atoms with Crippen LogP contribution in [0.1, 0.15) is 43.0 Å². The Labute approximate surface area is 175 Å². The van der Waals surface area contributed by atoms with Crippen molar-refractivity contribution in [3.63, 3.8) is 0 Å². The quantitative estimate of drug-likeness (QED) is 0.677. The van der Waals surface area contributed by atoms with Crippen LogP contribution in [-0.2, 0) is 11.2 Å². The predicted molar refractivity (Wildman–Crippen MR) is 115 cm³/mol. The molecule has 1 atom stereocenters. The van der Waals surface area contributed by atoms with Crippen molar-refractivity contribution < 1.29 is 9.18 Å². The smallest absolute Gasteiger partial charge is 0.223 e. The summed E-state index contributed by atoms with van der Waals surface area (Å²) in [5.74, 6) is -0.00374. The summed E-state index contributed by atoms with van der Waals surface area (Å²) in [5, 5.41) is 0. The van der Waals surface area contributed by atoms with Crippen LogP contribution in [0.2, 0.25) is 0 Å². The summed E-state index contributed by atoms with van der Waals surface area (Å²) in [4.78, 5) is 23.7.